The van der Waals surface area contributed by atoms with Crippen molar-refractivity contribution in [1.29, 1.82) is 0 Å². The van der Waals surface area contributed by atoms with E-state index in [1.54, 1.807) is 0 Å². The van der Waals surface area contributed by atoms with Crippen molar-refractivity contribution in [2.24, 2.45) is 5.84 Å². The normalized spacial score (nSPS) is 10.1. The molecule has 0 spiro atoms. The third-order valence-electron chi connectivity index (χ3n) is 1.79. The smallest absolute Gasteiger partial charge is 0.119 e. The molecule has 14 heavy (non-hydrogen) atoms. The second kappa shape index (κ2) is 6.37. The maximum absolute atomic E-state index is 5.33. The fourth-order valence-electron chi connectivity index (χ4n) is 1.15. The number of rotatable bonds is 6. The monoisotopic (exact) mass is 195 g/mol. The Labute approximate surface area is 84.4 Å². The van der Waals surface area contributed by atoms with Gasteiger partial charge in [-0.05, 0) is 24.6 Å². The van der Waals surface area contributed by atoms with E-state index in [-0.39, 0.29) is 0 Å². The van der Waals surface area contributed by atoms with Crippen LogP contribution in [0.4, 0.5) is 0 Å². The third-order valence-corrected chi connectivity index (χ3v) is 1.79. The van der Waals surface area contributed by atoms with Gasteiger partial charge in [0.2, 0.25) is 0 Å². The Balaban J connectivity index is 2.38. The number of nitrogens with two attached hydrogens (primary N) is 1. The standard InChI is InChI=1S/C10H17N3O/c1-2-14-10-5-3-9(4-6-10)7-12-8-13-11/h3-6,12-13H,2,7-8,11H2,1H3. The van der Waals surface area contributed by atoms with Crippen molar-refractivity contribution in [1.82, 2.24) is 10.7 Å². The van der Waals surface area contributed by atoms with Crippen LogP contribution >= 0.6 is 0 Å². The second-order valence-electron chi connectivity index (χ2n) is 2.88. The number of hydrogen-bond donors (Lipinski definition) is 3. The van der Waals surface area contributed by atoms with E-state index in [1.807, 2.05) is 31.2 Å². The molecule has 1 aromatic rings. The first-order chi connectivity index (χ1) is 6.86. The summed E-state index contributed by atoms with van der Waals surface area (Å²) in [6, 6.07) is 8.01. The lowest BCUT2D eigenvalue weighted by Crippen LogP contribution is -2.33. The Hall–Kier alpha value is -1.10. The maximum atomic E-state index is 5.33. The molecule has 0 saturated carbocycles. The van der Waals surface area contributed by atoms with Crippen LogP contribution in [0.15, 0.2) is 24.3 Å². The highest BCUT2D eigenvalue weighted by molar-refractivity contribution is 5.27. The lowest BCUT2D eigenvalue weighted by Gasteiger charge is -2.05. The highest BCUT2D eigenvalue weighted by atomic mass is 16.5. The van der Waals surface area contributed by atoms with Crippen molar-refractivity contribution in [2.45, 2.75) is 13.5 Å². The van der Waals surface area contributed by atoms with Crippen LogP contribution in [-0.4, -0.2) is 13.3 Å². The Morgan fingerprint density at radius 3 is 2.57 bits per heavy atom. The average Bonchev–Trinajstić information content (AvgIpc) is 2.21. The zero-order valence-corrected chi connectivity index (χ0v) is 8.42. The van der Waals surface area contributed by atoms with E-state index >= 15 is 0 Å². The van der Waals surface area contributed by atoms with Gasteiger partial charge in [-0.1, -0.05) is 12.1 Å². The van der Waals surface area contributed by atoms with Gasteiger partial charge in [-0.3, -0.25) is 11.2 Å². The molecule has 78 valence electrons. The molecule has 0 heterocycles. The van der Waals surface area contributed by atoms with Crippen molar-refractivity contribution in [3.63, 3.8) is 0 Å². The van der Waals surface area contributed by atoms with Crippen LogP contribution in [0.1, 0.15) is 12.5 Å². The first-order valence-electron chi connectivity index (χ1n) is 4.72. The maximum Gasteiger partial charge on any atom is 0.119 e. The van der Waals surface area contributed by atoms with Crippen molar-refractivity contribution in [2.75, 3.05) is 13.3 Å². The summed E-state index contributed by atoms with van der Waals surface area (Å²) >= 11 is 0. The minimum Gasteiger partial charge on any atom is -0.494 e. The van der Waals surface area contributed by atoms with Crippen LogP contribution in [0.2, 0.25) is 0 Å². The topological polar surface area (TPSA) is 59.3 Å². The van der Waals surface area contributed by atoms with Crippen LogP contribution < -0.4 is 21.3 Å². The predicted octanol–water partition coefficient (Wildman–Crippen LogP) is 0.596. The van der Waals surface area contributed by atoms with Crippen LogP contribution in [0.5, 0.6) is 5.75 Å². The number of nitrogens with one attached hydrogen (secondary N) is 2. The number of ether oxygens (including phenoxy) is 1. The molecule has 0 aliphatic carbocycles. The molecule has 4 heteroatoms. The highest BCUT2D eigenvalue weighted by Gasteiger charge is 1.93. The molecule has 0 amide bonds. The highest BCUT2D eigenvalue weighted by Crippen LogP contribution is 2.11. The van der Waals surface area contributed by atoms with Gasteiger partial charge in [-0.2, -0.15) is 0 Å². The summed E-state index contributed by atoms with van der Waals surface area (Å²) in [5.74, 6) is 6.03. The van der Waals surface area contributed by atoms with Crippen molar-refractivity contribution >= 4 is 0 Å². The first-order valence-corrected chi connectivity index (χ1v) is 4.72. The molecule has 4 nitrogen and oxygen atoms in total. The minimum atomic E-state index is 0.604. The minimum absolute atomic E-state index is 0.604. The van der Waals surface area contributed by atoms with E-state index < -0.39 is 0 Å². The molecule has 0 saturated heterocycles. The van der Waals surface area contributed by atoms with Crippen LogP contribution in [0, 0.1) is 0 Å². The molecule has 0 fully saturated rings. The van der Waals surface area contributed by atoms with Crippen molar-refractivity contribution in [3.8, 4) is 5.75 Å². The molecular formula is C10H17N3O. The number of benzene rings is 1. The summed E-state index contributed by atoms with van der Waals surface area (Å²) in [6.07, 6.45) is 0. The van der Waals surface area contributed by atoms with E-state index in [0.29, 0.717) is 13.3 Å². The zero-order valence-electron chi connectivity index (χ0n) is 8.42. The van der Waals surface area contributed by atoms with Gasteiger partial charge in [0, 0.05) is 6.54 Å². The Morgan fingerprint density at radius 2 is 2.00 bits per heavy atom. The summed E-state index contributed by atoms with van der Waals surface area (Å²) < 4.78 is 5.33. The third kappa shape index (κ3) is 3.74. The van der Waals surface area contributed by atoms with E-state index in [4.69, 9.17) is 10.6 Å². The molecule has 4 N–H and O–H groups in total. The summed E-state index contributed by atoms with van der Waals surface area (Å²) in [7, 11) is 0. The van der Waals surface area contributed by atoms with Crippen LogP contribution in [0.3, 0.4) is 0 Å². The fraction of sp³-hybridized carbons (Fsp3) is 0.400. The SMILES string of the molecule is CCOc1ccc(CNCNN)cc1. The van der Waals surface area contributed by atoms with Crippen molar-refractivity contribution < 1.29 is 4.74 Å². The van der Waals surface area contributed by atoms with Gasteiger partial charge in [-0.25, -0.2) is 5.43 Å². The van der Waals surface area contributed by atoms with E-state index in [9.17, 15) is 0 Å². The van der Waals surface area contributed by atoms with Gasteiger partial charge in [-0.15, -0.1) is 0 Å². The van der Waals surface area contributed by atoms with Gasteiger partial charge < -0.3 is 4.74 Å². The molecule has 0 aliphatic rings. The number of hydrazine groups is 1. The second-order valence-corrected chi connectivity index (χ2v) is 2.88. The lowest BCUT2D eigenvalue weighted by molar-refractivity contribution is 0.340. The largest absolute Gasteiger partial charge is 0.494 e. The quantitative estimate of drug-likeness (QED) is 0.269. The molecule has 0 atom stereocenters. The molecule has 0 aliphatic heterocycles. The molecule has 0 bridgehead atoms. The molecule has 1 aromatic carbocycles. The zero-order chi connectivity index (χ0) is 10.2. The Morgan fingerprint density at radius 1 is 1.29 bits per heavy atom. The van der Waals surface area contributed by atoms with Gasteiger partial charge in [0.05, 0.1) is 13.3 Å². The van der Waals surface area contributed by atoms with Gasteiger partial charge in [0.15, 0.2) is 0 Å². The molecular weight excluding hydrogens is 178 g/mol. The van der Waals surface area contributed by atoms with Gasteiger partial charge in [0.25, 0.3) is 0 Å². The van der Waals surface area contributed by atoms with E-state index in [0.717, 1.165) is 12.3 Å². The summed E-state index contributed by atoms with van der Waals surface area (Å²) in [5, 5.41) is 3.13. The average molecular weight is 195 g/mol. The van der Waals surface area contributed by atoms with Crippen LogP contribution in [-0.2, 0) is 6.54 Å². The fourth-order valence-corrected chi connectivity index (χ4v) is 1.15. The first kappa shape index (κ1) is 11.0. The molecule has 0 radical (unpaired) electrons. The van der Waals surface area contributed by atoms with Gasteiger partial charge in [0.1, 0.15) is 5.75 Å². The Bertz CT molecular complexity index is 248. The molecule has 0 unspecified atom stereocenters. The summed E-state index contributed by atoms with van der Waals surface area (Å²) in [5.41, 5.74) is 3.75. The number of hydrogen-bond acceptors (Lipinski definition) is 4. The Kier molecular flexibility index (Phi) is 4.99. The summed E-state index contributed by atoms with van der Waals surface area (Å²) in [6.45, 7) is 4.08. The van der Waals surface area contributed by atoms with Crippen molar-refractivity contribution in [3.05, 3.63) is 29.8 Å². The van der Waals surface area contributed by atoms with Crippen LogP contribution in [0.25, 0.3) is 0 Å². The molecule has 0 aromatic heterocycles. The molecule has 1 rings (SSSR count). The predicted molar refractivity (Wildman–Crippen MR) is 56.6 cm³/mol. The summed E-state index contributed by atoms with van der Waals surface area (Å²) in [4.78, 5) is 0. The van der Waals surface area contributed by atoms with E-state index in [2.05, 4.69) is 10.7 Å². The van der Waals surface area contributed by atoms with Gasteiger partial charge >= 0.3 is 0 Å². The lowest BCUT2D eigenvalue weighted by atomic mass is 10.2. The van der Waals surface area contributed by atoms with E-state index in [1.165, 1.54) is 5.56 Å².